The minimum Gasteiger partial charge on any atom is -0.436 e. The van der Waals surface area contributed by atoms with Crippen LogP contribution in [0.15, 0.2) is 46.9 Å². The quantitative estimate of drug-likeness (QED) is 0.125. The Balaban J connectivity index is 1.27. The highest BCUT2D eigenvalue weighted by Gasteiger charge is 2.27. The second kappa shape index (κ2) is 14.4. The van der Waals surface area contributed by atoms with Crippen LogP contribution in [0.3, 0.4) is 0 Å². The average Bonchev–Trinajstić information content (AvgIpc) is 3.35. The maximum absolute atomic E-state index is 12.7. The molecule has 3 aromatic rings. The van der Waals surface area contributed by atoms with Crippen LogP contribution in [0.5, 0.6) is 5.75 Å². The summed E-state index contributed by atoms with van der Waals surface area (Å²) in [5.41, 5.74) is 3.92. The van der Waals surface area contributed by atoms with Crippen molar-refractivity contribution in [3.05, 3.63) is 48.0 Å². The van der Waals surface area contributed by atoms with Crippen LogP contribution in [0.4, 0.5) is 0 Å². The number of aryl methyl sites for hydroxylation is 1. The van der Waals surface area contributed by atoms with Gasteiger partial charge >= 0.3 is 5.97 Å². The van der Waals surface area contributed by atoms with Crippen LogP contribution in [0, 0.1) is 11.8 Å². The lowest BCUT2D eigenvalue weighted by Crippen LogP contribution is -2.25. The van der Waals surface area contributed by atoms with E-state index in [0.29, 0.717) is 11.6 Å². The van der Waals surface area contributed by atoms with Crippen LogP contribution in [0.25, 0.3) is 22.6 Å². The van der Waals surface area contributed by atoms with E-state index >= 15 is 0 Å². The van der Waals surface area contributed by atoms with Gasteiger partial charge in [0.05, 0.1) is 5.92 Å². The summed E-state index contributed by atoms with van der Waals surface area (Å²) < 4.78 is 11.8. The van der Waals surface area contributed by atoms with E-state index in [2.05, 4.69) is 26.0 Å². The van der Waals surface area contributed by atoms with Gasteiger partial charge in [-0.1, -0.05) is 77.7 Å². The van der Waals surface area contributed by atoms with Crippen LogP contribution in [-0.2, 0) is 11.2 Å². The molecule has 200 valence electrons. The molecule has 4 heteroatoms. The van der Waals surface area contributed by atoms with Crippen LogP contribution >= 0.6 is 0 Å². The molecule has 4 rings (SSSR count). The standard InChI is InChI=1S/C33H45NO3/c1-3-5-7-8-9-11-13-26-16-23-31-30(24-26)34-32(37-31)27-19-21-29(22-20-27)36-33(35)28-17-14-25(15-18-28)12-10-6-4-2/h16,19-25,28H,3-15,17-18H2,1-2H3. The molecule has 1 fully saturated rings. The molecule has 1 aromatic heterocycles. The molecule has 0 atom stereocenters. The summed E-state index contributed by atoms with van der Waals surface area (Å²) in [6, 6.07) is 13.9. The fourth-order valence-corrected chi connectivity index (χ4v) is 5.60. The maximum Gasteiger partial charge on any atom is 0.314 e. The van der Waals surface area contributed by atoms with Crippen LogP contribution < -0.4 is 4.74 Å². The first-order valence-electron chi connectivity index (χ1n) is 14.9. The zero-order valence-corrected chi connectivity index (χ0v) is 23.0. The lowest BCUT2D eigenvalue weighted by molar-refractivity contribution is -0.140. The van der Waals surface area contributed by atoms with Gasteiger partial charge in [0, 0.05) is 5.56 Å². The molecule has 1 aliphatic carbocycles. The van der Waals surface area contributed by atoms with Crippen molar-refractivity contribution in [1.82, 2.24) is 4.98 Å². The number of rotatable bonds is 14. The molecule has 37 heavy (non-hydrogen) atoms. The molecule has 0 radical (unpaired) electrons. The molecule has 0 aliphatic heterocycles. The highest BCUT2D eigenvalue weighted by Crippen LogP contribution is 2.33. The number of oxazole rings is 1. The lowest BCUT2D eigenvalue weighted by atomic mass is 9.80. The average molecular weight is 504 g/mol. The van der Waals surface area contributed by atoms with E-state index < -0.39 is 0 Å². The summed E-state index contributed by atoms with van der Waals surface area (Å²) in [5, 5.41) is 0. The van der Waals surface area contributed by atoms with E-state index in [1.54, 1.807) is 0 Å². The molecule has 0 spiro atoms. The predicted molar refractivity (Wildman–Crippen MR) is 152 cm³/mol. The van der Waals surface area contributed by atoms with Gasteiger partial charge in [-0.15, -0.1) is 0 Å². The minimum atomic E-state index is -0.0838. The van der Waals surface area contributed by atoms with Crippen molar-refractivity contribution < 1.29 is 13.9 Å². The van der Waals surface area contributed by atoms with Crippen LogP contribution in [0.1, 0.15) is 109 Å². The van der Waals surface area contributed by atoms with E-state index in [0.717, 1.165) is 54.7 Å². The Kier molecular flexibility index (Phi) is 10.6. The van der Waals surface area contributed by atoms with E-state index in [-0.39, 0.29) is 11.9 Å². The Morgan fingerprint density at radius 2 is 1.57 bits per heavy atom. The number of carbonyl (C=O) groups is 1. The third kappa shape index (κ3) is 8.18. The predicted octanol–water partition coefficient (Wildman–Crippen LogP) is 9.69. The third-order valence-corrected chi connectivity index (χ3v) is 7.99. The zero-order chi connectivity index (χ0) is 25.9. The van der Waals surface area contributed by atoms with Crippen molar-refractivity contribution in [3.8, 4) is 17.2 Å². The number of unbranched alkanes of at least 4 members (excludes halogenated alkanes) is 7. The van der Waals surface area contributed by atoms with Gasteiger partial charge in [0.15, 0.2) is 5.58 Å². The van der Waals surface area contributed by atoms with Crippen molar-refractivity contribution in [1.29, 1.82) is 0 Å². The Hall–Kier alpha value is -2.62. The molecule has 0 saturated heterocycles. The summed E-state index contributed by atoms with van der Waals surface area (Å²) in [5.74, 6) is 1.93. The molecule has 2 aromatic carbocycles. The summed E-state index contributed by atoms with van der Waals surface area (Å²) in [7, 11) is 0. The van der Waals surface area contributed by atoms with Crippen molar-refractivity contribution in [2.75, 3.05) is 0 Å². The highest BCUT2D eigenvalue weighted by molar-refractivity contribution is 5.77. The van der Waals surface area contributed by atoms with Crippen molar-refractivity contribution in [2.45, 2.75) is 110 Å². The summed E-state index contributed by atoms with van der Waals surface area (Å²) in [6.45, 7) is 4.51. The molecular weight excluding hydrogens is 458 g/mol. The van der Waals surface area contributed by atoms with Gasteiger partial charge < -0.3 is 9.15 Å². The van der Waals surface area contributed by atoms with Crippen LogP contribution in [0.2, 0.25) is 0 Å². The molecule has 0 unspecified atom stereocenters. The summed E-state index contributed by atoms with van der Waals surface area (Å²) in [6.07, 6.45) is 18.4. The highest BCUT2D eigenvalue weighted by atomic mass is 16.5. The van der Waals surface area contributed by atoms with Crippen molar-refractivity contribution >= 4 is 17.1 Å². The first-order chi connectivity index (χ1) is 18.2. The van der Waals surface area contributed by atoms with Gasteiger partial charge in [-0.2, -0.15) is 0 Å². The number of carbonyl (C=O) groups excluding carboxylic acids is 1. The Labute approximate surface area is 223 Å². The number of nitrogens with zero attached hydrogens (tertiary/aromatic N) is 1. The number of fused-ring (bicyclic) bond motifs is 1. The van der Waals surface area contributed by atoms with Gasteiger partial charge in [-0.3, -0.25) is 4.79 Å². The largest absolute Gasteiger partial charge is 0.436 e. The molecule has 4 nitrogen and oxygen atoms in total. The third-order valence-electron chi connectivity index (χ3n) is 7.99. The molecule has 0 N–H and O–H groups in total. The molecule has 1 saturated carbocycles. The number of aromatic nitrogens is 1. The molecular formula is C33H45NO3. The smallest absolute Gasteiger partial charge is 0.314 e. The molecule has 1 heterocycles. The Morgan fingerprint density at radius 1 is 0.865 bits per heavy atom. The second-order valence-electron chi connectivity index (χ2n) is 11.0. The summed E-state index contributed by atoms with van der Waals surface area (Å²) in [4.78, 5) is 17.5. The lowest BCUT2D eigenvalue weighted by Gasteiger charge is -2.27. The molecule has 0 bridgehead atoms. The maximum atomic E-state index is 12.7. The molecule has 1 aliphatic rings. The number of ether oxygens (including phenoxy) is 1. The normalized spacial score (nSPS) is 17.8. The van der Waals surface area contributed by atoms with Crippen molar-refractivity contribution in [3.63, 3.8) is 0 Å². The first-order valence-corrected chi connectivity index (χ1v) is 14.9. The second-order valence-corrected chi connectivity index (χ2v) is 11.0. The fraction of sp³-hybridized carbons (Fsp3) is 0.576. The minimum absolute atomic E-state index is 0.0321. The van der Waals surface area contributed by atoms with Gasteiger partial charge in [0.2, 0.25) is 5.89 Å². The first kappa shape index (κ1) is 27.4. The zero-order valence-electron chi connectivity index (χ0n) is 23.0. The van der Waals surface area contributed by atoms with E-state index in [1.807, 2.05) is 30.3 Å². The molecule has 0 amide bonds. The van der Waals surface area contributed by atoms with E-state index in [1.165, 1.54) is 69.8 Å². The topological polar surface area (TPSA) is 52.3 Å². The Morgan fingerprint density at radius 3 is 2.32 bits per heavy atom. The van der Waals surface area contributed by atoms with E-state index in [9.17, 15) is 4.79 Å². The van der Waals surface area contributed by atoms with Gasteiger partial charge in [-0.25, -0.2) is 4.98 Å². The summed E-state index contributed by atoms with van der Waals surface area (Å²) >= 11 is 0. The SMILES string of the molecule is CCCCCCCCc1ccc2oc(-c3ccc(OC(=O)C4CCC(CCCCC)CC4)cc3)nc2c1. The fourth-order valence-electron chi connectivity index (χ4n) is 5.60. The van der Waals surface area contributed by atoms with Gasteiger partial charge in [-0.05, 0) is 86.4 Å². The Bertz CT molecular complexity index is 1090. The number of esters is 1. The van der Waals surface area contributed by atoms with Gasteiger partial charge in [0.1, 0.15) is 11.3 Å². The van der Waals surface area contributed by atoms with E-state index in [4.69, 9.17) is 14.1 Å². The number of benzene rings is 2. The monoisotopic (exact) mass is 503 g/mol. The van der Waals surface area contributed by atoms with Crippen LogP contribution in [-0.4, -0.2) is 11.0 Å². The number of hydrogen-bond acceptors (Lipinski definition) is 4. The van der Waals surface area contributed by atoms with Gasteiger partial charge in [0.25, 0.3) is 0 Å². The number of hydrogen-bond donors (Lipinski definition) is 0. The van der Waals surface area contributed by atoms with Crippen molar-refractivity contribution in [2.24, 2.45) is 11.8 Å².